The molecule has 5 heteroatoms. The van der Waals surface area contributed by atoms with Crippen LogP contribution < -0.4 is 11.1 Å². The molecule has 1 aromatic carbocycles. The first-order valence-corrected chi connectivity index (χ1v) is 4.89. The first-order valence-electron chi connectivity index (χ1n) is 4.89. The van der Waals surface area contributed by atoms with Crippen molar-refractivity contribution in [3.05, 3.63) is 23.8 Å². The predicted molar refractivity (Wildman–Crippen MR) is 61.2 cm³/mol. The number of aromatic hydroxyl groups is 1. The summed E-state index contributed by atoms with van der Waals surface area (Å²) >= 11 is 0. The van der Waals surface area contributed by atoms with Crippen molar-refractivity contribution < 1.29 is 15.0 Å². The second-order valence-electron chi connectivity index (χ2n) is 4.24. The van der Waals surface area contributed by atoms with Crippen LogP contribution in [0.1, 0.15) is 24.2 Å². The van der Waals surface area contributed by atoms with E-state index in [2.05, 4.69) is 5.32 Å². The molecule has 1 rings (SSSR count). The van der Waals surface area contributed by atoms with Crippen molar-refractivity contribution in [2.45, 2.75) is 19.4 Å². The molecule has 0 saturated heterocycles. The Hall–Kier alpha value is -1.75. The predicted octanol–water partition coefficient (Wildman–Crippen LogP) is 0.475. The summed E-state index contributed by atoms with van der Waals surface area (Å²) in [5, 5.41) is 21.5. The number of hydrogen-bond acceptors (Lipinski definition) is 4. The van der Waals surface area contributed by atoms with Crippen LogP contribution in [0.25, 0.3) is 0 Å². The highest BCUT2D eigenvalue weighted by molar-refractivity contribution is 5.98. The number of amides is 1. The number of benzene rings is 1. The van der Waals surface area contributed by atoms with E-state index in [0.29, 0.717) is 0 Å². The molecule has 0 unspecified atom stereocenters. The van der Waals surface area contributed by atoms with Crippen molar-refractivity contribution in [1.29, 1.82) is 0 Å². The standard InChI is InChI=1S/C11H16N2O3/c1-11(2,16)6-13-10(15)7-4-3-5-8(12)9(7)14/h3-5,14,16H,6,12H2,1-2H3,(H,13,15). The smallest absolute Gasteiger partial charge is 0.255 e. The zero-order valence-electron chi connectivity index (χ0n) is 9.32. The molecule has 1 aromatic rings. The summed E-state index contributed by atoms with van der Waals surface area (Å²) in [6, 6.07) is 4.54. The van der Waals surface area contributed by atoms with Crippen molar-refractivity contribution in [2.75, 3.05) is 12.3 Å². The molecule has 0 spiro atoms. The van der Waals surface area contributed by atoms with Gasteiger partial charge in [-0.25, -0.2) is 0 Å². The third-order valence-corrected chi connectivity index (χ3v) is 1.99. The number of carbonyl (C=O) groups excluding carboxylic acids is 1. The Kier molecular flexibility index (Phi) is 3.39. The number of phenols is 1. The van der Waals surface area contributed by atoms with Gasteiger partial charge in [-0.1, -0.05) is 6.07 Å². The number of nitrogens with two attached hydrogens (primary N) is 1. The van der Waals surface area contributed by atoms with Gasteiger partial charge in [0.1, 0.15) is 0 Å². The second kappa shape index (κ2) is 4.40. The summed E-state index contributed by atoms with van der Waals surface area (Å²) in [5.41, 5.74) is 4.72. The highest BCUT2D eigenvalue weighted by Gasteiger charge is 2.17. The molecule has 0 radical (unpaired) electrons. The SMILES string of the molecule is CC(C)(O)CNC(=O)c1cccc(N)c1O. The highest BCUT2D eigenvalue weighted by Crippen LogP contribution is 2.24. The van der Waals surface area contributed by atoms with Crippen LogP contribution in [0.3, 0.4) is 0 Å². The molecule has 0 saturated carbocycles. The van der Waals surface area contributed by atoms with Gasteiger partial charge >= 0.3 is 0 Å². The van der Waals surface area contributed by atoms with E-state index in [-0.39, 0.29) is 23.5 Å². The van der Waals surface area contributed by atoms with E-state index in [1.807, 2.05) is 0 Å². The molecule has 5 N–H and O–H groups in total. The molecular weight excluding hydrogens is 208 g/mol. The summed E-state index contributed by atoms with van der Waals surface area (Å²) < 4.78 is 0. The lowest BCUT2D eigenvalue weighted by molar-refractivity contribution is 0.0693. The largest absolute Gasteiger partial charge is 0.505 e. The van der Waals surface area contributed by atoms with E-state index in [9.17, 15) is 15.0 Å². The Labute approximate surface area is 93.9 Å². The Morgan fingerprint density at radius 3 is 2.69 bits per heavy atom. The monoisotopic (exact) mass is 224 g/mol. The quantitative estimate of drug-likeness (QED) is 0.443. The van der Waals surface area contributed by atoms with Crippen molar-refractivity contribution in [3.63, 3.8) is 0 Å². The molecule has 0 bridgehead atoms. The molecular formula is C11H16N2O3. The van der Waals surface area contributed by atoms with Crippen LogP contribution >= 0.6 is 0 Å². The number of aliphatic hydroxyl groups is 1. The fourth-order valence-corrected chi connectivity index (χ4v) is 1.14. The van der Waals surface area contributed by atoms with Crippen molar-refractivity contribution >= 4 is 11.6 Å². The van der Waals surface area contributed by atoms with E-state index < -0.39 is 11.5 Å². The first kappa shape index (κ1) is 12.3. The lowest BCUT2D eigenvalue weighted by Crippen LogP contribution is -2.38. The molecule has 0 aliphatic heterocycles. The minimum Gasteiger partial charge on any atom is -0.505 e. The number of phenolic OH excluding ortho intramolecular Hbond substituents is 1. The van der Waals surface area contributed by atoms with E-state index in [4.69, 9.17) is 5.73 Å². The van der Waals surface area contributed by atoms with Crippen LogP contribution in [0.15, 0.2) is 18.2 Å². The first-order chi connectivity index (χ1) is 7.31. The number of rotatable bonds is 3. The molecule has 0 atom stereocenters. The molecule has 0 fully saturated rings. The molecule has 0 aliphatic rings. The molecule has 16 heavy (non-hydrogen) atoms. The third-order valence-electron chi connectivity index (χ3n) is 1.99. The third kappa shape index (κ3) is 3.13. The average Bonchev–Trinajstić information content (AvgIpc) is 2.17. The zero-order chi connectivity index (χ0) is 12.3. The van der Waals surface area contributed by atoms with Gasteiger partial charge in [-0.3, -0.25) is 4.79 Å². The van der Waals surface area contributed by atoms with Gasteiger partial charge < -0.3 is 21.3 Å². The van der Waals surface area contributed by atoms with Gasteiger partial charge in [0, 0.05) is 6.54 Å². The van der Waals surface area contributed by atoms with Crippen LogP contribution in [0, 0.1) is 0 Å². The Morgan fingerprint density at radius 2 is 2.12 bits per heavy atom. The minimum absolute atomic E-state index is 0.0973. The Morgan fingerprint density at radius 1 is 1.50 bits per heavy atom. The second-order valence-corrected chi connectivity index (χ2v) is 4.24. The topological polar surface area (TPSA) is 95.6 Å². The van der Waals surface area contributed by atoms with Gasteiger partial charge in [-0.2, -0.15) is 0 Å². The average molecular weight is 224 g/mol. The van der Waals surface area contributed by atoms with Crippen LogP contribution in [-0.2, 0) is 0 Å². The Balaban J connectivity index is 2.78. The number of para-hydroxylation sites is 1. The molecule has 0 aromatic heterocycles. The molecule has 0 heterocycles. The molecule has 5 nitrogen and oxygen atoms in total. The van der Waals surface area contributed by atoms with E-state index >= 15 is 0 Å². The fraction of sp³-hybridized carbons (Fsp3) is 0.364. The van der Waals surface area contributed by atoms with Gasteiger partial charge in [0.15, 0.2) is 5.75 Å². The summed E-state index contributed by atoms with van der Waals surface area (Å²) in [6.45, 7) is 3.25. The van der Waals surface area contributed by atoms with Crippen molar-refractivity contribution in [2.24, 2.45) is 0 Å². The maximum absolute atomic E-state index is 11.6. The molecule has 0 aliphatic carbocycles. The number of hydrogen-bond donors (Lipinski definition) is 4. The maximum Gasteiger partial charge on any atom is 0.255 e. The van der Waals surface area contributed by atoms with Crippen molar-refractivity contribution in [3.8, 4) is 5.75 Å². The van der Waals surface area contributed by atoms with Crippen LogP contribution in [-0.4, -0.2) is 28.3 Å². The highest BCUT2D eigenvalue weighted by atomic mass is 16.3. The minimum atomic E-state index is -0.994. The van der Waals surface area contributed by atoms with Gasteiger partial charge in [-0.05, 0) is 26.0 Å². The zero-order valence-corrected chi connectivity index (χ0v) is 9.32. The summed E-state index contributed by atoms with van der Waals surface area (Å²) in [4.78, 5) is 11.6. The lowest BCUT2D eigenvalue weighted by Gasteiger charge is -2.17. The van der Waals surface area contributed by atoms with Gasteiger partial charge in [0.05, 0.1) is 16.9 Å². The fourth-order valence-electron chi connectivity index (χ4n) is 1.14. The van der Waals surface area contributed by atoms with E-state index in [1.54, 1.807) is 19.9 Å². The van der Waals surface area contributed by atoms with Gasteiger partial charge in [0.2, 0.25) is 0 Å². The van der Waals surface area contributed by atoms with Crippen LogP contribution in [0.2, 0.25) is 0 Å². The number of nitrogen functional groups attached to an aromatic ring is 1. The normalized spacial score (nSPS) is 11.2. The molecule has 88 valence electrons. The van der Waals surface area contributed by atoms with Gasteiger partial charge in [0.25, 0.3) is 5.91 Å². The summed E-state index contributed by atoms with van der Waals surface area (Å²) in [6.07, 6.45) is 0. The number of nitrogens with one attached hydrogen (secondary N) is 1. The Bertz CT molecular complexity index is 397. The number of carbonyl (C=O) groups is 1. The van der Waals surface area contributed by atoms with Gasteiger partial charge in [-0.15, -0.1) is 0 Å². The van der Waals surface area contributed by atoms with Crippen LogP contribution in [0.5, 0.6) is 5.75 Å². The van der Waals surface area contributed by atoms with Crippen molar-refractivity contribution in [1.82, 2.24) is 5.32 Å². The maximum atomic E-state index is 11.6. The van der Waals surface area contributed by atoms with E-state index in [1.165, 1.54) is 12.1 Å². The number of anilines is 1. The lowest BCUT2D eigenvalue weighted by atomic mass is 10.1. The van der Waals surface area contributed by atoms with Crippen LogP contribution in [0.4, 0.5) is 5.69 Å². The van der Waals surface area contributed by atoms with E-state index in [0.717, 1.165) is 0 Å². The molecule has 1 amide bonds. The summed E-state index contributed by atoms with van der Waals surface area (Å²) in [5.74, 6) is -0.706. The summed E-state index contributed by atoms with van der Waals surface area (Å²) in [7, 11) is 0.